The van der Waals surface area contributed by atoms with Gasteiger partial charge in [0.2, 0.25) is 0 Å². The van der Waals surface area contributed by atoms with Crippen molar-refractivity contribution in [3.63, 3.8) is 0 Å². The number of hydrogen-bond donors (Lipinski definition) is 0. The van der Waals surface area contributed by atoms with Gasteiger partial charge in [0.25, 0.3) is 10.1 Å². The van der Waals surface area contributed by atoms with E-state index in [1.165, 1.54) is 0 Å². The van der Waals surface area contributed by atoms with Gasteiger partial charge in [-0.3, -0.25) is 17.8 Å². The van der Waals surface area contributed by atoms with Gasteiger partial charge in [0.15, 0.2) is 0 Å². The van der Waals surface area contributed by atoms with Crippen LogP contribution in [0.1, 0.15) is 40.5 Å². The van der Waals surface area contributed by atoms with Gasteiger partial charge in [0, 0.05) is 0 Å². The zero-order chi connectivity index (χ0) is 19.6. The molecule has 0 radical (unpaired) electrons. The van der Waals surface area contributed by atoms with Crippen LogP contribution >= 0.6 is 7.82 Å². The summed E-state index contributed by atoms with van der Waals surface area (Å²) in [7, 11) is -9.67. The maximum Gasteiger partial charge on any atom is 1.00 e. The average Bonchev–Trinajstić information content (AvgIpc) is 2.45. The third-order valence-electron chi connectivity index (χ3n) is 2.94. The molecule has 0 aliphatic carbocycles. The van der Waals surface area contributed by atoms with Crippen LogP contribution in [0.3, 0.4) is 0 Å². The standard InChI is InChI=1S/C13H28O9PS2.Na.H2O/c1-5-19-23(14,20-6-2)21-9-8-13(3,4)12-22-25(17,18)11-7-10-24(15)16;;/h5-12H2,1-4H3;;1H2/q-1;+1;/p-1. The van der Waals surface area contributed by atoms with Crippen molar-refractivity contribution in [1.29, 1.82) is 0 Å². The van der Waals surface area contributed by atoms with Crippen molar-refractivity contribution < 1.29 is 74.2 Å². The van der Waals surface area contributed by atoms with Crippen LogP contribution in [0.25, 0.3) is 0 Å². The van der Waals surface area contributed by atoms with Gasteiger partial charge in [-0.25, -0.2) is 4.57 Å². The number of phosphoric acid groups is 1. The van der Waals surface area contributed by atoms with Gasteiger partial charge in [0.1, 0.15) is 0 Å². The maximum absolute atomic E-state index is 12.1. The Morgan fingerprint density at radius 1 is 1.04 bits per heavy atom. The molecular weight excluding hydrogens is 434 g/mol. The fraction of sp³-hybridized carbons (Fsp3) is 1.00. The molecule has 0 amide bonds. The van der Waals surface area contributed by atoms with E-state index >= 15 is 0 Å². The largest absolute Gasteiger partial charge is 1.00 e. The van der Waals surface area contributed by atoms with E-state index < -0.39 is 34.1 Å². The smallest absolute Gasteiger partial charge is 0.870 e. The summed E-state index contributed by atoms with van der Waals surface area (Å²) in [6.07, 6.45) is 0.338. The minimum absolute atomic E-state index is 0. The van der Waals surface area contributed by atoms with E-state index in [1.807, 2.05) is 0 Å². The van der Waals surface area contributed by atoms with Crippen LogP contribution in [0.5, 0.6) is 0 Å². The molecule has 160 valence electrons. The van der Waals surface area contributed by atoms with Gasteiger partial charge in [-0.1, -0.05) is 36.7 Å². The molecule has 0 spiro atoms. The fourth-order valence-electron chi connectivity index (χ4n) is 1.60. The van der Waals surface area contributed by atoms with Crippen molar-refractivity contribution >= 4 is 28.6 Å². The molecule has 0 saturated carbocycles. The van der Waals surface area contributed by atoms with E-state index in [-0.39, 0.29) is 79.4 Å². The van der Waals surface area contributed by atoms with Gasteiger partial charge in [-0.15, -0.1) is 0 Å². The summed E-state index contributed by atoms with van der Waals surface area (Å²) in [6.45, 7) is 7.16. The first-order chi connectivity index (χ1) is 11.5. The molecule has 0 atom stereocenters. The number of hydrogen-bond acceptors (Lipinski definition) is 11. The molecule has 0 aromatic carbocycles. The van der Waals surface area contributed by atoms with E-state index in [2.05, 4.69) is 0 Å². The summed E-state index contributed by atoms with van der Waals surface area (Å²) >= 11 is 0. The maximum atomic E-state index is 12.1. The van der Waals surface area contributed by atoms with E-state index in [9.17, 15) is 21.4 Å². The van der Waals surface area contributed by atoms with Crippen molar-refractivity contribution in [2.45, 2.75) is 40.5 Å². The van der Waals surface area contributed by atoms with Crippen molar-refractivity contribution in [1.82, 2.24) is 0 Å². The first kappa shape index (κ1) is 32.6. The molecule has 0 saturated heterocycles. The van der Waals surface area contributed by atoms with Gasteiger partial charge in [-0.2, -0.15) is 8.42 Å². The van der Waals surface area contributed by atoms with Crippen LogP contribution in [-0.4, -0.2) is 51.8 Å². The molecule has 0 rings (SSSR count). The van der Waals surface area contributed by atoms with Crippen LogP contribution in [0.2, 0.25) is 0 Å². The Kier molecular flexibility index (Phi) is 19.0. The Labute approximate surface area is 186 Å². The molecular formula is C13H29NaO10PS2-. The Morgan fingerprint density at radius 2 is 1.56 bits per heavy atom. The fourth-order valence-corrected chi connectivity index (χ4v) is 4.44. The van der Waals surface area contributed by atoms with E-state index in [0.29, 0.717) is 6.42 Å². The summed E-state index contributed by atoms with van der Waals surface area (Å²) in [5.74, 6) is -0.596. The third-order valence-corrected chi connectivity index (χ3v) is 6.47. The normalized spacial score (nSPS) is 12.5. The second kappa shape index (κ2) is 15.7. The number of rotatable bonds is 15. The summed E-state index contributed by atoms with van der Waals surface area (Å²) in [4.78, 5) is 0. The quantitative estimate of drug-likeness (QED) is 0.134. The molecule has 0 bridgehead atoms. The van der Waals surface area contributed by atoms with Gasteiger partial charge in [-0.05, 0) is 25.7 Å². The predicted molar refractivity (Wildman–Crippen MR) is 95.1 cm³/mol. The van der Waals surface area contributed by atoms with E-state index in [0.717, 1.165) is 0 Å². The Hall–Kier alpha value is 0.930. The van der Waals surface area contributed by atoms with Crippen LogP contribution in [0.15, 0.2) is 0 Å². The minimum Gasteiger partial charge on any atom is -0.870 e. The van der Waals surface area contributed by atoms with Crippen molar-refractivity contribution in [2.75, 3.05) is 37.9 Å². The molecule has 0 aromatic rings. The summed E-state index contributed by atoms with van der Waals surface area (Å²) < 4.78 is 76.5. The van der Waals surface area contributed by atoms with Crippen molar-refractivity contribution in [3.8, 4) is 0 Å². The molecule has 0 aromatic heterocycles. The number of phosphoric ester groups is 1. The third kappa shape index (κ3) is 17.5. The van der Waals surface area contributed by atoms with Crippen LogP contribution in [-0.2, 0) is 51.6 Å². The molecule has 0 aliphatic heterocycles. The SMILES string of the molecule is CCOP(=O)(OCC)OCCC(C)(C)COS(=O)(=O)CCC[S-](=O)=O.[Na+].[OH-]. The molecule has 0 aliphatic rings. The van der Waals surface area contributed by atoms with Crippen LogP contribution in [0.4, 0.5) is 0 Å². The zero-order valence-electron chi connectivity index (χ0n) is 16.5. The van der Waals surface area contributed by atoms with E-state index in [1.54, 1.807) is 27.7 Å². The first-order valence-electron chi connectivity index (χ1n) is 7.92. The Bertz CT molecular complexity index is 588. The van der Waals surface area contributed by atoms with Crippen LogP contribution in [0, 0.1) is 5.41 Å². The molecule has 27 heavy (non-hydrogen) atoms. The first-order valence-corrected chi connectivity index (χ1v) is 12.2. The van der Waals surface area contributed by atoms with Gasteiger partial charge in [0.05, 0.1) is 32.2 Å². The second-order valence-corrected chi connectivity index (χ2v) is 10.4. The monoisotopic (exact) mass is 463 g/mol. The molecule has 0 unspecified atom stereocenters. The summed E-state index contributed by atoms with van der Waals surface area (Å²) in [6, 6.07) is 0. The minimum atomic E-state index is -3.80. The topological polar surface area (TPSA) is 152 Å². The summed E-state index contributed by atoms with van der Waals surface area (Å²) in [5.41, 5.74) is -0.572. The molecule has 10 nitrogen and oxygen atoms in total. The molecule has 0 heterocycles. The van der Waals surface area contributed by atoms with E-state index in [4.69, 9.17) is 17.8 Å². The Balaban J connectivity index is -0.00000288. The average molecular weight is 463 g/mol. The Morgan fingerprint density at radius 3 is 2.00 bits per heavy atom. The van der Waals surface area contributed by atoms with Crippen molar-refractivity contribution in [3.05, 3.63) is 0 Å². The predicted octanol–water partition coefficient (Wildman–Crippen LogP) is -0.527. The van der Waals surface area contributed by atoms with Crippen molar-refractivity contribution in [2.24, 2.45) is 5.41 Å². The molecule has 0 fully saturated rings. The molecule has 14 heteroatoms. The summed E-state index contributed by atoms with van der Waals surface area (Å²) in [5, 5.41) is 0. The zero-order valence-corrected chi connectivity index (χ0v) is 21.1. The van der Waals surface area contributed by atoms with Crippen LogP contribution < -0.4 is 29.6 Å². The van der Waals surface area contributed by atoms with Gasteiger partial charge < -0.3 is 13.9 Å². The molecule has 1 N–H and O–H groups in total. The van der Waals surface area contributed by atoms with Gasteiger partial charge >= 0.3 is 37.4 Å². The second-order valence-electron chi connectivity index (χ2n) is 5.92.